The molecule has 0 amide bonds. The molecule has 1 atom stereocenters. The van der Waals surface area contributed by atoms with Crippen LogP contribution >= 0.6 is 0 Å². The zero-order chi connectivity index (χ0) is 13.2. The van der Waals surface area contributed by atoms with E-state index in [1.54, 1.807) is 6.07 Å². The van der Waals surface area contributed by atoms with Gasteiger partial charge in [0.15, 0.2) is 6.10 Å². The average molecular weight is 236 g/mol. The summed E-state index contributed by atoms with van der Waals surface area (Å²) in [6.45, 7) is 1.49. The molecule has 7 nitrogen and oxygen atoms in total. The third kappa shape index (κ3) is 2.21. The minimum atomic E-state index is -2.02. The summed E-state index contributed by atoms with van der Waals surface area (Å²) in [5, 5.41) is 37.6. The fourth-order valence-electron chi connectivity index (χ4n) is 1.40. The molecule has 1 aromatic carbocycles. The Hall–Kier alpha value is -2.46. The van der Waals surface area contributed by atoms with E-state index in [0.717, 1.165) is 6.07 Å². The first-order valence-corrected chi connectivity index (χ1v) is 4.49. The van der Waals surface area contributed by atoms with Crippen molar-refractivity contribution in [2.45, 2.75) is 13.0 Å². The summed E-state index contributed by atoms with van der Waals surface area (Å²) in [6, 6.07) is 4.12. The van der Waals surface area contributed by atoms with Crippen molar-refractivity contribution in [3.8, 4) is 6.07 Å². The number of aliphatic hydroxyl groups is 1. The highest BCUT2D eigenvalue weighted by Gasteiger charge is 2.29. The van der Waals surface area contributed by atoms with Crippen molar-refractivity contribution < 1.29 is 19.9 Å². The van der Waals surface area contributed by atoms with Gasteiger partial charge in [0.25, 0.3) is 5.69 Å². The molecule has 0 aliphatic heterocycles. The third-order valence-electron chi connectivity index (χ3n) is 2.24. The van der Waals surface area contributed by atoms with Crippen LogP contribution in [0.2, 0.25) is 0 Å². The van der Waals surface area contributed by atoms with Crippen LogP contribution in [-0.4, -0.2) is 21.1 Å². The summed E-state index contributed by atoms with van der Waals surface area (Å²) in [4.78, 5) is 20.6. The molecule has 0 heterocycles. The van der Waals surface area contributed by atoms with Crippen molar-refractivity contribution in [2.24, 2.45) is 0 Å². The zero-order valence-corrected chi connectivity index (χ0v) is 8.75. The predicted octanol–water partition coefficient (Wildman–Crippen LogP) is 0.893. The van der Waals surface area contributed by atoms with Crippen molar-refractivity contribution in [1.82, 2.24) is 0 Å². The topological polar surface area (TPSA) is 124 Å². The lowest BCUT2D eigenvalue weighted by atomic mass is 9.99. The van der Waals surface area contributed by atoms with Gasteiger partial charge < -0.3 is 10.2 Å². The molecule has 0 radical (unpaired) electrons. The van der Waals surface area contributed by atoms with Crippen LogP contribution < -0.4 is 0 Å². The number of rotatable bonds is 3. The number of nitro groups is 1. The molecule has 0 saturated heterocycles. The minimum absolute atomic E-state index is 0.243. The Kier molecular flexibility index (Phi) is 3.40. The summed E-state index contributed by atoms with van der Waals surface area (Å²) in [6.07, 6.45) is -2.02. The maximum absolute atomic E-state index is 10.8. The number of nitrogens with zero attached hydrogens (tertiary/aromatic N) is 2. The van der Waals surface area contributed by atoms with Crippen molar-refractivity contribution in [1.29, 1.82) is 5.26 Å². The predicted molar refractivity (Wildman–Crippen MR) is 55.1 cm³/mol. The Morgan fingerprint density at radius 3 is 2.59 bits per heavy atom. The molecule has 0 aromatic heterocycles. The number of aliphatic hydroxyl groups excluding tert-OH is 1. The van der Waals surface area contributed by atoms with Gasteiger partial charge in [-0.15, -0.1) is 0 Å². The average Bonchev–Trinajstić information content (AvgIpc) is 2.27. The Morgan fingerprint density at radius 2 is 2.18 bits per heavy atom. The van der Waals surface area contributed by atoms with E-state index in [4.69, 9.17) is 10.4 Å². The number of carboxylic acids is 1. The van der Waals surface area contributed by atoms with Gasteiger partial charge in [-0.25, -0.2) is 4.79 Å². The first-order valence-electron chi connectivity index (χ1n) is 4.49. The number of hydrogen-bond acceptors (Lipinski definition) is 5. The highest BCUT2D eigenvalue weighted by Crippen LogP contribution is 2.30. The van der Waals surface area contributed by atoms with E-state index in [9.17, 15) is 20.0 Å². The van der Waals surface area contributed by atoms with Crippen LogP contribution in [0.3, 0.4) is 0 Å². The number of nitro benzene ring substituents is 1. The van der Waals surface area contributed by atoms with Crippen LogP contribution in [0.25, 0.3) is 0 Å². The number of carboxylic acid groups (broad SMARTS) is 1. The van der Waals surface area contributed by atoms with E-state index in [2.05, 4.69) is 0 Å². The van der Waals surface area contributed by atoms with Gasteiger partial charge in [0, 0.05) is 0 Å². The maximum Gasteiger partial charge on any atom is 0.337 e. The summed E-state index contributed by atoms with van der Waals surface area (Å²) >= 11 is 0. The van der Waals surface area contributed by atoms with Gasteiger partial charge in [-0.05, 0) is 18.6 Å². The molecule has 0 aliphatic carbocycles. The molecular weight excluding hydrogens is 228 g/mol. The molecule has 1 aromatic rings. The molecule has 88 valence electrons. The fraction of sp³-hybridized carbons (Fsp3) is 0.200. The van der Waals surface area contributed by atoms with Crippen LogP contribution in [0.15, 0.2) is 12.1 Å². The first kappa shape index (κ1) is 12.6. The largest absolute Gasteiger partial charge is 0.479 e. The smallest absolute Gasteiger partial charge is 0.337 e. The maximum atomic E-state index is 10.8. The quantitative estimate of drug-likeness (QED) is 0.593. The SMILES string of the molecule is Cc1ccc(C(O)C(=O)O)c([N+](=O)[O-])c1C#N. The summed E-state index contributed by atoms with van der Waals surface area (Å²) in [7, 11) is 0. The number of aryl methyl sites for hydroxylation is 1. The molecule has 7 heteroatoms. The van der Waals surface area contributed by atoms with E-state index in [0.29, 0.717) is 5.56 Å². The molecule has 0 saturated carbocycles. The number of carbonyl (C=O) groups is 1. The number of benzene rings is 1. The standard InChI is InChI=1S/C10H8N2O5/c1-5-2-3-6(9(13)10(14)15)8(12(16)17)7(5)4-11/h2-3,9,13H,1H3,(H,14,15). The van der Waals surface area contributed by atoms with Crippen LogP contribution in [-0.2, 0) is 4.79 Å². The lowest BCUT2D eigenvalue weighted by Gasteiger charge is -2.08. The lowest BCUT2D eigenvalue weighted by molar-refractivity contribution is -0.386. The highest BCUT2D eigenvalue weighted by atomic mass is 16.6. The Labute approximate surface area is 95.7 Å². The van der Waals surface area contributed by atoms with E-state index in [1.807, 2.05) is 0 Å². The van der Waals surface area contributed by atoms with Crippen molar-refractivity contribution in [3.05, 3.63) is 38.9 Å². The number of aliphatic carboxylic acids is 1. The van der Waals surface area contributed by atoms with E-state index < -0.39 is 28.2 Å². The number of hydrogen-bond donors (Lipinski definition) is 2. The minimum Gasteiger partial charge on any atom is -0.479 e. The Morgan fingerprint density at radius 1 is 1.59 bits per heavy atom. The fourth-order valence-corrected chi connectivity index (χ4v) is 1.40. The van der Waals surface area contributed by atoms with Crippen LogP contribution in [0, 0.1) is 28.4 Å². The van der Waals surface area contributed by atoms with Gasteiger partial charge in [-0.3, -0.25) is 10.1 Å². The van der Waals surface area contributed by atoms with E-state index in [1.165, 1.54) is 13.0 Å². The Balaban J connectivity index is 3.58. The summed E-state index contributed by atoms with van der Waals surface area (Å²) in [5.74, 6) is -1.61. The third-order valence-corrected chi connectivity index (χ3v) is 2.24. The highest BCUT2D eigenvalue weighted by molar-refractivity contribution is 5.77. The van der Waals surface area contributed by atoms with Gasteiger partial charge in [0.2, 0.25) is 0 Å². The second-order valence-corrected chi connectivity index (χ2v) is 3.30. The van der Waals surface area contributed by atoms with Gasteiger partial charge in [0.05, 0.1) is 10.5 Å². The normalized spacial score (nSPS) is 11.6. The van der Waals surface area contributed by atoms with Gasteiger partial charge in [0.1, 0.15) is 11.6 Å². The van der Waals surface area contributed by atoms with E-state index in [-0.39, 0.29) is 5.56 Å². The molecule has 1 unspecified atom stereocenters. The van der Waals surface area contributed by atoms with Gasteiger partial charge in [-0.1, -0.05) is 6.07 Å². The Bertz CT molecular complexity index is 532. The van der Waals surface area contributed by atoms with Gasteiger partial charge >= 0.3 is 5.97 Å². The molecule has 0 bridgehead atoms. The second kappa shape index (κ2) is 4.59. The second-order valence-electron chi connectivity index (χ2n) is 3.30. The molecular formula is C10H8N2O5. The van der Waals surface area contributed by atoms with Crippen LogP contribution in [0.4, 0.5) is 5.69 Å². The van der Waals surface area contributed by atoms with Crippen molar-refractivity contribution in [2.75, 3.05) is 0 Å². The molecule has 2 N–H and O–H groups in total. The lowest BCUT2D eigenvalue weighted by Crippen LogP contribution is -2.13. The van der Waals surface area contributed by atoms with Crippen LogP contribution in [0.5, 0.6) is 0 Å². The molecule has 1 rings (SSSR count). The molecule has 0 fully saturated rings. The summed E-state index contributed by atoms with van der Waals surface area (Å²) in [5.41, 5.74) is -0.958. The van der Waals surface area contributed by atoms with E-state index >= 15 is 0 Å². The van der Waals surface area contributed by atoms with Crippen molar-refractivity contribution in [3.63, 3.8) is 0 Å². The van der Waals surface area contributed by atoms with Gasteiger partial charge in [-0.2, -0.15) is 5.26 Å². The zero-order valence-electron chi connectivity index (χ0n) is 8.75. The molecule has 0 aliphatic rings. The first-order chi connectivity index (χ1) is 7.90. The van der Waals surface area contributed by atoms with Crippen molar-refractivity contribution >= 4 is 11.7 Å². The molecule has 17 heavy (non-hydrogen) atoms. The number of nitriles is 1. The molecule has 0 spiro atoms. The van der Waals surface area contributed by atoms with Crippen LogP contribution in [0.1, 0.15) is 22.8 Å². The monoisotopic (exact) mass is 236 g/mol. The summed E-state index contributed by atoms with van der Waals surface area (Å²) < 4.78 is 0.